The summed E-state index contributed by atoms with van der Waals surface area (Å²) in [6.07, 6.45) is 5.81. The molecule has 0 spiro atoms. The molecule has 1 N–H and O–H groups in total. The smallest absolute Gasteiger partial charge is 0.311 e. The molecule has 16 heavy (non-hydrogen) atoms. The first kappa shape index (κ1) is 15.4. The summed E-state index contributed by atoms with van der Waals surface area (Å²) in [5.41, 5.74) is -0.887. The van der Waals surface area contributed by atoms with Gasteiger partial charge in [-0.3, -0.25) is 4.79 Å². The molecule has 0 aliphatic heterocycles. The average Bonchev–Trinajstić information content (AvgIpc) is 2.21. The van der Waals surface area contributed by atoms with Crippen molar-refractivity contribution in [2.24, 2.45) is 5.41 Å². The minimum absolute atomic E-state index is 0.0806. The van der Waals surface area contributed by atoms with Gasteiger partial charge in [0.1, 0.15) is 0 Å². The average molecular weight is 232 g/mol. The van der Waals surface area contributed by atoms with Crippen LogP contribution in [-0.2, 0) is 14.6 Å². The summed E-state index contributed by atoms with van der Waals surface area (Å²) >= 11 is 0. The third-order valence-electron chi connectivity index (χ3n) is 2.41. The number of aliphatic carboxylic acids is 1. The molecule has 0 aromatic heterocycles. The Morgan fingerprint density at radius 3 is 2.31 bits per heavy atom. The van der Waals surface area contributed by atoms with Gasteiger partial charge >= 0.3 is 5.97 Å². The van der Waals surface area contributed by atoms with Crippen molar-refractivity contribution in [3.8, 4) is 0 Å². The summed E-state index contributed by atoms with van der Waals surface area (Å²) < 4.78 is 0. The molecule has 96 valence electrons. The minimum atomic E-state index is -0.887. The van der Waals surface area contributed by atoms with Crippen molar-refractivity contribution in [1.29, 1.82) is 0 Å². The first-order valence-corrected chi connectivity index (χ1v) is 5.98. The van der Waals surface area contributed by atoms with Crippen molar-refractivity contribution in [1.82, 2.24) is 0 Å². The van der Waals surface area contributed by atoms with Crippen LogP contribution in [0.15, 0.2) is 0 Å². The molecule has 0 aliphatic rings. The number of rotatable bonds is 10. The second-order valence-corrected chi connectivity index (χ2v) is 4.69. The molecular formula is C12H24O4. The van der Waals surface area contributed by atoms with Crippen molar-refractivity contribution < 1.29 is 19.7 Å². The first-order chi connectivity index (χ1) is 7.50. The lowest BCUT2D eigenvalue weighted by Crippen LogP contribution is -2.29. The number of hydrogen-bond acceptors (Lipinski definition) is 3. The van der Waals surface area contributed by atoms with Crippen LogP contribution < -0.4 is 0 Å². The van der Waals surface area contributed by atoms with Gasteiger partial charge in [-0.25, -0.2) is 9.78 Å². The maximum Gasteiger partial charge on any atom is 0.311 e. The molecule has 0 aromatic rings. The van der Waals surface area contributed by atoms with Gasteiger partial charge in [0.25, 0.3) is 0 Å². The lowest BCUT2D eigenvalue weighted by Gasteiger charge is -2.17. The van der Waals surface area contributed by atoms with E-state index in [1.165, 1.54) is 19.3 Å². The van der Waals surface area contributed by atoms with Gasteiger partial charge in [0.2, 0.25) is 0 Å². The van der Waals surface area contributed by atoms with Crippen LogP contribution in [-0.4, -0.2) is 24.3 Å². The Labute approximate surface area is 97.9 Å². The zero-order valence-electron chi connectivity index (χ0n) is 10.6. The highest BCUT2D eigenvalue weighted by molar-refractivity contribution is 5.73. The van der Waals surface area contributed by atoms with Crippen LogP contribution in [0.1, 0.15) is 52.9 Å². The highest BCUT2D eigenvalue weighted by atomic mass is 17.2. The molecule has 0 aromatic carbocycles. The third-order valence-corrected chi connectivity index (χ3v) is 2.41. The molecular weight excluding hydrogens is 208 g/mol. The Hall–Kier alpha value is -0.610. The molecule has 0 unspecified atom stereocenters. The molecule has 4 heteroatoms. The van der Waals surface area contributed by atoms with Crippen molar-refractivity contribution in [2.75, 3.05) is 13.2 Å². The molecule has 0 amide bonds. The fourth-order valence-corrected chi connectivity index (χ4v) is 1.07. The summed E-state index contributed by atoms with van der Waals surface area (Å²) in [5, 5.41) is 8.81. The quantitative estimate of drug-likeness (QED) is 0.357. The van der Waals surface area contributed by atoms with E-state index in [9.17, 15) is 4.79 Å². The van der Waals surface area contributed by atoms with Crippen LogP contribution in [0.5, 0.6) is 0 Å². The number of unbranched alkanes of at least 4 members (excludes halogenated alkanes) is 4. The van der Waals surface area contributed by atoms with Crippen LogP contribution in [0.2, 0.25) is 0 Å². The summed E-state index contributed by atoms with van der Waals surface area (Å²) in [6, 6.07) is 0. The van der Waals surface area contributed by atoms with Crippen molar-refractivity contribution in [3.63, 3.8) is 0 Å². The molecule has 0 radical (unpaired) electrons. The number of carboxylic acid groups (broad SMARTS) is 1. The highest BCUT2D eigenvalue weighted by Crippen LogP contribution is 2.15. The lowest BCUT2D eigenvalue weighted by atomic mass is 9.96. The Balaban J connectivity index is 3.30. The normalized spacial score (nSPS) is 11.7. The predicted octanol–water partition coefficient (Wildman–Crippen LogP) is 3.02. The SMILES string of the molecule is CCCCCCCOOCC(C)(C)C(=O)O. The van der Waals surface area contributed by atoms with Crippen LogP contribution in [0.4, 0.5) is 0 Å². The lowest BCUT2D eigenvalue weighted by molar-refractivity contribution is -0.307. The van der Waals surface area contributed by atoms with Crippen LogP contribution in [0, 0.1) is 5.41 Å². The van der Waals surface area contributed by atoms with Crippen LogP contribution in [0.25, 0.3) is 0 Å². The van der Waals surface area contributed by atoms with E-state index in [4.69, 9.17) is 14.9 Å². The van der Waals surface area contributed by atoms with Gasteiger partial charge in [-0.1, -0.05) is 32.6 Å². The maximum atomic E-state index is 10.7. The van der Waals surface area contributed by atoms with Crippen LogP contribution >= 0.6 is 0 Å². The van der Waals surface area contributed by atoms with Crippen molar-refractivity contribution in [2.45, 2.75) is 52.9 Å². The van der Waals surface area contributed by atoms with E-state index in [1.54, 1.807) is 13.8 Å². The van der Waals surface area contributed by atoms with Gasteiger partial charge in [-0.15, -0.1) is 0 Å². The molecule has 0 heterocycles. The minimum Gasteiger partial charge on any atom is -0.481 e. The molecule has 0 rings (SSSR count). The Morgan fingerprint density at radius 2 is 1.75 bits per heavy atom. The predicted molar refractivity (Wildman–Crippen MR) is 62.1 cm³/mol. The monoisotopic (exact) mass is 232 g/mol. The fraction of sp³-hybridized carbons (Fsp3) is 0.917. The Morgan fingerprint density at radius 1 is 1.12 bits per heavy atom. The standard InChI is InChI=1S/C12H24O4/c1-4-5-6-7-8-9-15-16-10-12(2,3)11(13)14/h4-10H2,1-3H3,(H,13,14). The highest BCUT2D eigenvalue weighted by Gasteiger charge is 2.27. The molecule has 0 aliphatic carbocycles. The van der Waals surface area contributed by atoms with E-state index >= 15 is 0 Å². The van der Waals surface area contributed by atoms with Gasteiger partial charge in [-0.2, -0.15) is 0 Å². The summed E-state index contributed by atoms with van der Waals surface area (Å²) in [7, 11) is 0. The number of carbonyl (C=O) groups is 1. The summed E-state index contributed by atoms with van der Waals surface area (Å²) in [4.78, 5) is 20.5. The van der Waals surface area contributed by atoms with E-state index in [0.717, 1.165) is 12.8 Å². The summed E-state index contributed by atoms with van der Waals surface area (Å²) in [5.74, 6) is -0.876. The largest absolute Gasteiger partial charge is 0.481 e. The molecule has 0 bridgehead atoms. The molecule has 4 nitrogen and oxygen atoms in total. The van der Waals surface area contributed by atoms with E-state index in [1.807, 2.05) is 0 Å². The van der Waals surface area contributed by atoms with Gasteiger partial charge in [-0.05, 0) is 20.3 Å². The first-order valence-electron chi connectivity index (χ1n) is 5.98. The molecule has 0 atom stereocenters. The maximum absolute atomic E-state index is 10.7. The third kappa shape index (κ3) is 7.65. The van der Waals surface area contributed by atoms with Gasteiger partial charge in [0.15, 0.2) is 0 Å². The fourth-order valence-electron chi connectivity index (χ4n) is 1.07. The topological polar surface area (TPSA) is 55.8 Å². The van der Waals surface area contributed by atoms with E-state index in [0.29, 0.717) is 6.61 Å². The van der Waals surface area contributed by atoms with E-state index in [-0.39, 0.29) is 6.61 Å². The van der Waals surface area contributed by atoms with Crippen LogP contribution in [0.3, 0.4) is 0 Å². The molecule has 0 fully saturated rings. The number of hydrogen-bond donors (Lipinski definition) is 1. The van der Waals surface area contributed by atoms with Crippen molar-refractivity contribution in [3.05, 3.63) is 0 Å². The zero-order valence-corrected chi connectivity index (χ0v) is 10.6. The second kappa shape index (κ2) is 8.53. The Bertz CT molecular complexity index is 189. The van der Waals surface area contributed by atoms with Gasteiger partial charge < -0.3 is 5.11 Å². The Kier molecular flexibility index (Phi) is 8.21. The van der Waals surface area contributed by atoms with Gasteiger partial charge in [0, 0.05) is 0 Å². The number of carboxylic acids is 1. The molecule has 0 saturated heterocycles. The summed E-state index contributed by atoms with van der Waals surface area (Å²) in [6.45, 7) is 6.02. The van der Waals surface area contributed by atoms with Gasteiger partial charge in [0.05, 0.1) is 18.6 Å². The van der Waals surface area contributed by atoms with E-state index < -0.39 is 11.4 Å². The molecule has 0 saturated carbocycles. The zero-order chi connectivity index (χ0) is 12.4. The van der Waals surface area contributed by atoms with Crippen molar-refractivity contribution >= 4 is 5.97 Å². The second-order valence-electron chi connectivity index (χ2n) is 4.69. The van der Waals surface area contributed by atoms with E-state index in [2.05, 4.69) is 6.92 Å².